The van der Waals surface area contributed by atoms with Gasteiger partial charge in [-0.1, -0.05) is 6.92 Å². The number of aromatic nitrogens is 2. The third-order valence-corrected chi connectivity index (χ3v) is 5.51. The van der Waals surface area contributed by atoms with Gasteiger partial charge in [0.2, 0.25) is 0 Å². The topological polar surface area (TPSA) is 67.2 Å². The van der Waals surface area contributed by atoms with Crippen LogP contribution in [0, 0.1) is 5.92 Å². The highest BCUT2D eigenvalue weighted by atomic mass is 16.2. The van der Waals surface area contributed by atoms with Crippen LogP contribution in [0.15, 0.2) is 0 Å². The second-order valence-electron chi connectivity index (χ2n) is 7.56. The van der Waals surface area contributed by atoms with Gasteiger partial charge in [-0.25, -0.2) is 4.98 Å². The van der Waals surface area contributed by atoms with Crippen LogP contribution in [0.25, 0.3) is 0 Å². The summed E-state index contributed by atoms with van der Waals surface area (Å²) in [4.78, 5) is 31.9. The van der Waals surface area contributed by atoms with Crippen LogP contribution >= 0.6 is 0 Å². The Labute approximate surface area is 142 Å². The highest BCUT2D eigenvalue weighted by Crippen LogP contribution is 2.25. The number of carbonyl (C=O) groups excluding carboxylic acids is 2. The first-order valence-corrected chi connectivity index (χ1v) is 9.33. The summed E-state index contributed by atoms with van der Waals surface area (Å²) in [7, 11) is 0. The molecular formula is C18H26N4O2. The summed E-state index contributed by atoms with van der Waals surface area (Å²) < 4.78 is 1.99. The van der Waals surface area contributed by atoms with Gasteiger partial charge in [0, 0.05) is 25.7 Å². The lowest BCUT2D eigenvalue weighted by molar-refractivity contribution is 0.0690. The molecule has 0 spiro atoms. The average Bonchev–Trinajstić information content (AvgIpc) is 3.32. The molecule has 2 fully saturated rings. The lowest BCUT2D eigenvalue weighted by atomic mass is 9.98. The van der Waals surface area contributed by atoms with Gasteiger partial charge in [-0.2, -0.15) is 0 Å². The van der Waals surface area contributed by atoms with E-state index in [2.05, 4.69) is 17.2 Å². The minimum Gasteiger partial charge on any atom is -0.347 e. The van der Waals surface area contributed by atoms with Crippen LogP contribution in [0.5, 0.6) is 0 Å². The molecule has 6 nitrogen and oxygen atoms in total. The van der Waals surface area contributed by atoms with Crippen molar-refractivity contribution >= 4 is 11.8 Å². The molecule has 0 aromatic carbocycles. The fourth-order valence-electron chi connectivity index (χ4n) is 3.73. The van der Waals surface area contributed by atoms with Crippen LogP contribution in [-0.4, -0.2) is 45.4 Å². The predicted molar refractivity (Wildman–Crippen MR) is 90.0 cm³/mol. The van der Waals surface area contributed by atoms with Gasteiger partial charge in [-0.15, -0.1) is 0 Å². The molecule has 1 saturated heterocycles. The Hall–Kier alpha value is -1.85. The lowest BCUT2D eigenvalue weighted by Gasteiger charge is -2.30. The first kappa shape index (κ1) is 15.7. The van der Waals surface area contributed by atoms with Gasteiger partial charge in [0.1, 0.15) is 5.69 Å². The molecule has 24 heavy (non-hydrogen) atoms. The number of nitrogens with one attached hydrogen (secondary N) is 1. The molecule has 1 aliphatic carbocycles. The van der Waals surface area contributed by atoms with Crippen LogP contribution in [0.3, 0.4) is 0 Å². The first-order valence-electron chi connectivity index (χ1n) is 9.33. The van der Waals surface area contributed by atoms with E-state index in [1.54, 1.807) is 0 Å². The van der Waals surface area contributed by atoms with E-state index in [1.807, 2.05) is 9.47 Å². The van der Waals surface area contributed by atoms with E-state index in [-0.39, 0.29) is 11.8 Å². The summed E-state index contributed by atoms with van der Waals surface area (Å²) in [5, 5.41) is 3.01. The van der Waals surface area contributed by atoms with Crippen molar-refractivity contribution in [3.8, 4) is 0 Å². The summed E-state index contributed by atoms with van der Waals surface area (Å²) in [5.74, 6) is 1.01. The van der Waals surface area contributed by atoms with Crippen molar-refractivity contribution in [1.82, 2.24) is 19.8 Å². The molecule has 0 bridgehead atoms. The maximum atomic E-state index is 13.0. The van der Waals surface area contributed by atoms with Gasteiger partial charge in [0.25, 0.3) is 11.8 Å². The molecule has 1 aromatic rings. The molecule has 1 aromatic heterocycles. The van der Waals surface area contributed by atoms with Crippen LogP contribution in [-0.2, 0) is 13.0 Å². The summed E-state index contributed by atoms with van der Waals surface area (Å²) in [6.45, 7) is 4.63. The average molecular weight is 330 g/mol. The SMILES string of the molecule is CC1CCN(C(=O)c2nc(C(=O)NC3CC3)n3c2CCCC3)CC1. The van der Waals surface area contributed by atoms with Crippen LogP contribution in [0.1, 0.15) is 72.3 Å². The molecule has 130 valence electrons. The van der Waals surface area contributed by atoms with E-state index in [4.69, 9.17) is 0 Å². The summed E-state index contributed by atoms with van der Waals surface area (Å²) in [5.41, 5.74) is 1.48. The molecule has 3 aliphatic rings. The number of imidazole rings is 1. The van der Waals surface area contributed by atoms with E-state index in [1.165, 1.54) is 0 Å². The molecule has 2 aliphatic heterocycles. The molecule has 0 atom stereocenters. The van der Waals surface area contributed by atoms with Crippen molar-refractivity contribution in [3.05, 3.63) is 17.2 Å². The van der Waals surface area contributed by atoms with Gasteiger partial charge in [-0.3, -0.25) is 9.59 Å². The minimum absolute atomic E-state index is 0.0121. The maximum Gasteiger partial charge on any atom is 0.287 e. The number of fused-ring (bicyclic) bond motifs is 1. The van der Waals surface area contributed by atoms with Gasteiger partial charge in [-0.05, 0) is 50.9 Å². The smallest absolute Gasteiger partial charge is 0.287 e. The fraction of sp³-hybridized carbons (Fsp3) is 0.722. The quantitative estimate of drug-likeness (QED) is 0.921. The Bertz CT molecular complexity index is 654. The Balaban J connectivity index is 1.61. The second-order valence-corrected chi connectivity index (χ2v) is 7.56. The standard InChI is InChI=1S/C18H26N4O2/c1-12-7-10-21(11-8-12)18(24)15-14-4-2-3-9-22(14)16(20-15)17(23)19-13-5-6-13/h12-13H,2-11H2,1H3,(H,19,23). The summed E-state index contributed by atoms with van der Waals surface area (Å²) in [6, 6.07) is 0.303. The molecule has 1 saturated carbocycles. The molecule has 1 N–H and O–H groups in total. The number of nitrogens with zero attached hydrogens (tertiary/aromatic N) is 3. The molecule has 0 unspecified atom stereocenters. The van der Waals surface area contributed by atoms with Gasteiger partial charge >= 0.3 is 0 Å². The van der Waals surface area contributed by atoms with Gasteiger partial charge < -0.3 is 14.8 Å². The molecule has 3 heterocycles. The number of amides is 2. The third kappa shape index (κ3) is 2.94. The second kappa shape index (κ2) is 6.22. The Morgan fingerprint density at radius 2 is 1.83 bits per heavy atom. The number of carbonyl (C=O) groups is 2. The zero-order chi connectivity index (χ0) is 16.7. The maximum absolute atomic E-state index is 13.0. The van der Waals surface area contributed by atoms with Gasteiger partial charge in [0.15, 0.2) is 5.82 Å². The molecule has 0 radical (unpaired) electrons. The van der Waals surface area contributed by atoms with Crippen molar-refractivity contribution in [2.75, 3.05) is 13.1 Å². The Morgan fingerprint density at radius 3 is 2.54 bits per heavy atom. The highest BCUT2D eigenvalue weighted by molar-refractivity contribution is 5.97. The Morgan fingerprint density at radius 1 is 1.08 bits per heavy atom. The highest BCUT2D eigenvalue weighted by Gasteiger charge is 2.32. The molecular weight excluding hydrogens is 304 g/mol. The van der Waals surface area contributed by atoms with Crippen molar-refractivity contribution in [2.24, 2.45) is 5.92 Å². The van der Waals surface area contributed by atoms with Crippen LogP contribution in [0.2, 0.25) is 0 Å². The fourth-order valence-corrected chi connectivity index (χ4v) is 3.73. The number of hydrogen-bond acceptors (Lipinski definition) is 3. The van der Waals surface area contributed by atoms with E-state index < -0.39 is 0 Å². The number of rotatable bonds is 3. The van der Waals surface area contributed by atoms with E-state index in [0.29, 0.717) is 23.5 Å². The normalized spacial score (nSPS) is 21.5. The van der Waals surface area contributed by atoms with E-state index >= 15 is 0 Å². The predicted octanol–water partition coefficient (Wildman–Crippen LogP) is 1.98. The number of hydrogen-bond donors (Lipinski definition) is 1. The molecule has 4 rings (SSSR count). The molecule has 6 heteroatoms. The number of likely N-dealkylation sites (tertiary alicyclic amines) is 1. The zero-order valence-electron chi connectivity index (χ0n) is 14.4. The summed E-state index contributed by atoms with van der Waals surface area (Å²) >= 11 is 0. The van der Waals surface area contributed by atoms with Crippen LogP contribution in [0.4, 0.5) is 0 Å². The first-order chi connectivity index (χ1) is 11.6. The largest absolute Gasteiger partial charge is 0.347 e. The van der Waals surface area contributed by atoms with E-state index in [0.717, 1.165) is 70.3 Å². The van der Waals surface area contributed by atoms with Gasteiger partial charge in [0.05, 0.1) is 5.69 Å². The number of piperidine rings is 1. The minimum atomic E-state index is -0.119. The van der Waals surface area contributed by atoms with Crippen LogP contribution < -0.4 is 5.32 Å². The monoisotopic (exact) mass is 330 g/mol. The lowest BCUT2D eigenvalue weighted by Crippen LogP contribution is -2.38. The van der Waals surface area contributed by atoms with E-state index in [9.17, 15) is 9.59 Å². The zero-order valence-corrected chi connectivity index (χ0v) is 14.4. The van der Waals surface area contributed by atoms with Crippen molar-refractivity contribution in [1.29, 1.82) is 0 Å². The Kier molecular flexibility index (Phi) is 4.06. The molecule has 2 amide bonds. The van der Waals surface area contributed by atoms with Crippen molar-refractivity contribution < 1.29 is 9.59 Å². The summed E-state index contributed by atoms with van der Waals surface area (Å²) in [6.07, 6.45) is 7.16. The van der Waals surface area contributed by atoms with Crippen molar-refractivity contribution in [3.63, 3.8) is 0 Å². The van der Waals surface area contributed by atoms with Crippen molar-refractivity contribution in [2.45, 2.75) is 64.5 Å². The third-order valence-electron chi connectivity index (χ3n) is 5.51.